The first-order valence-corrected chi connectivity index (χ1v) is 10.4. The average Bonchev–Trinajstić information content (AvgIpc) is 3.02. The number of rotatable bonds is 3. The summed E-state index contributed by atoms with van der Waals surface area (Å²) in [6.07, 6.45) is 1.45. The highest BCUT2D eigenvalue weighted by Crippen LogP contribution is 2.31. The number of likely N-dealkylation sites (tertiary alicyclic amines) is 2. The largest absolute Gasteiger partial charge is 0.388 e. The van der Waals surface area contributed by atoms with Crippen molar-refractivity contribution in [2.24, 2.45) is 0 Å². The zero-order valence-corrected chi connectivity index (χ0v) is 16.9. The maximum Gasteiger partial charge on any atom is 0.270 e. The third-order valence-electron chi connectivity index (χ3n) is 6.42. The highest BCUT2D eigenvalue weighted by Gasteiger charge is 2.38. The van der Waals surface area contributed by atoms with Gasteiger partial charge in [0.05, 0.1) is 5.60 Å². The van der Waals surface area contributed by atoms with Crippen molar-refractivity contribution in [3.63, 3.8) is 0 Å². The summed E-state index contributed by atoms with van der Waals surface area (Å²) in [6.45, 7) is 4.10. The van der Waals surface area contributed by atoms with Crippen molar-refractivity contribution >= 4 is 16.8 Å². The van der Waals surface area contributed by atoms with Crippen molar-refractivity contribution in [1.82, 2.24) is 14.8 Å². The molecule has 1 aromatic carbocycles. The molecule has 5 nitrogen and oxygen atoms in total. The fourth-order valence-electron chi connectivity index (χ4n) is 4.59. The molecule has 0 bridgehead atoms. The predicted octanol–water partition coefficient (Wildman–Crippen LogP) is 3.56. The number of piperidine rings is 1. The fourth-order valence-corrected chi connectivity index (χ4v) is 4.59. The normalized spacial score (nSPS) is 25.9. The maximum absolute atomic E-state index is 13.4. The first-order valence-electron chi connectivity index (χ1n) is 10.4. The number of amides is 1. The number of halogens is 2. The molecule has 29 heavy (non-hydrogen) atoms. The third-order valence-corrected chi connectivity index (χ3v) is 6.42. The molecular formula is C22H29F2N3O2. The molecule has 1 unspecified atom stereocenters. The van der Waals surface area contributed by atoms with Gasteiger partial charge < -0.3 is 19.9 Å². The van der Waals surface area contributed by atoms with Gasteiger partial charge in [0, 0.05) is 56.5 Å². The molecule has 158 valence electrons. The predicted molar refractivity (Wildman–Crippen MR) is 108 cm³/mol. The van der Waals surface area contributed by atoms with E-state index in [1.54, 1.807) is 4.90 Å². The van der Waals surface area contributed by atoms with Gasteiger partial charge in [-0.2, -0.15) is 0 Å². The Morgan fingerprint density at radius 3 is 2.62 bits per heavy atom. The van der Waals surface area contributed by atoms with E-state index in [1.165, 1.54) is 0 Å². The average molecular weight is 405 g/mol. The van der Waals surface area contributed by atoms with E-state index in [1.807, 2.05) is 36.1 Å². The Kier molecular flexibility index (Phi) is 5.38. The minimum atomic E-state index is -2.58. The SMILES string of the molecule is Cc1cccc2[nH]c(C(=O)N3CCCC(O)(CN4CCC(F)(F)CC4)CC3)cc12. The van der Waals surface area contributed by atoms with Crippen LogP contribution in [0, 0.1) is 6.92 Å². The number of hydrogen-bond acceptors (Lipinski definition) is 3. The van der Waals surface area contributed by atoms with Gasteiger partial charge in [0.15, 0.2) is 0 Å². The Morgan fingerprint density at radius 2 is 1.90 bits per heavy atom. The number of fused-ring (bicyclic) bond motifs is 1. The molecule has 4 rings (SSSR count). The van der Waals surface area contributed by atoms with E-state index in [4.69, 9.17) is 0 Å². The molecule has 0 saturated carbocycles. The van der Waals surface area contributed by atoms with Crippen LogP contribution in [-0.2, 0) is 0 Å². The molecule has 1 aromatic heterocycles. The van der Waals surface area contributed by atoms with Crippen molar-refractivity contribution in [2.75, 3.05) is 32.7 Å². The number of carbonyl (C=O) groups excluding carboxylic acids is 1. The summed E-state index contributed by atoms with van der Waals surface area (Å²) in [7, 11) is 0. The van der Waals surface area contributed by atoms with Gasteiger partial charge in [-0.05, 0) is 43.9 Å². The summed E-state index contributed by atoms with van der Waals surface area (Å²) >= 11 is 0. The lowest BCUT2D eigenvalue weighted by atomic mass is 9.93. The van der Waals surface area contributed by atoms with Crippen molar-refractivity contribution in [2.45, 2.75) is 50.6 Å². The zero-order valence-electron chi connectivity index (χ0n) is 16.9. The summed E-state index contributed by atoms with van der Waals surface area (Å²) in [4.78, 5) is 20.0. The second kappa shape index (κ2) is 7.69. The summed E-state index contributed by atoms with van der Waals surface area (Å²) in [6, 6.07) is 7.85. The molecule has 2 N–H and O–H groups in total. The van der Waals surface area contributed by atoms with E-state index in [-0.39, 0.29) is 18.7 Å². The van der Waals surface area contributed by atoms with Crippen LogP contribution in [0.3, 0.4) is 0 Å². The van der Waals surface area contributed by atoms with E-state index in [0.717, 1.165) is 16.5 Å². The third kappa shape index (κ3) is 4.46. The van der Waals surface area contributed by atoms with Crippen LogP contribution in [0.25, 0.3) is 10.9 Å². The molecule has 2 fully saturated rings. The molecule has 2 saturated heterocycles. The van der Waals surface area contributed by atoms with Crippen LogP contribution < -0.4 is 0 Å². The number of aromatic nitrogens is 1. The number of nitrogens with one attached hydrogen (secondary N) is 1. The smallest absolute Gasteiger partial charge is 0.270 e. The van der Waals surface area contributed by atoms with Crippen LogP contribution in [0.5, 0.6) is 0 Å². The van der Waals surface area contributed by atoms with Crippen LogP contribution in [0.2, 0.25) is 0 Å². The maximum atomic E-state index is 13.4. The highest BCUT2D eigenvalue weighted by atomic mass is 19.3. The van der Waals surface area contributed by atoms with Gasteiger partial charge in [-0.1, -0.05) is 12.1 Å². The molecule has 2 aliphatic heterocycles. The lowest BCUT2D eigenvalue weighted by molar-refractivity contribution is -0.0768. The first kappa shape index (κ1) is 20.3. The second-order valence-corrected chi connectivity index (χ2v) is 8.72. The minimum absolute atomic E-state index is 0.0533. The molecule has 0 aliphatic carbocycles. The van der Waals surface area contributed by atoms with Gasteiger partial charge >= 0.3 is 0 Å². The number of carbonyl (C=O) groups is 1. The van der Waals surface area contributed by atoms with Crippen LogP contribution >= 0.6 is 0 Å². The van der Waals surface area contributed by atoms with Crippen LogP contribution in [0.15, 0.2) is 24.3 Å². The standard InChI is InChI=1S/C22H29F2N3O2/c1-16-4-2-5-18-17(16)14-19(25-18)20(28)27-10-3-6-21(29,7-13-27)15-26-11-8-22(23,24)9-12-26/h2,4-5,14,25,29H,3,6-13,15H2,1H3. The van der Waals surface area contributed by atoms with Crippen LogP contribution in [0.4, 0.5) is 8.78 Å². The summed E-state index contributed by atoms with van der Waals surface area (Å²) in [5, 5.41) is 12.1. The quantitative estimate of drug-likeness (QED) is 0.821. The van der Waals surface area contributed by atoms with E-state index in [2.05, 4.69) is 4.98 Å². The number of alkyl halides is 2. The van der Waals surface area contributed by atoms with Crippen molar-refractivity contribution in [3.8, 4) is 0 Å². The van der Waals surface area contributed by atoms with Gasteiger partial charge in [-0.3, -0.25) is 4.79 Å². The van der Waals surface area contributed by atoms with Crippen LogP contribution in [0.1, 0.15) is 48.2 Å². The number of aliphatic hydroxyl groups is 1. The molecule has 7 heteroatoms. The molecule has 0 radical (unpaired) electrons. The van der Waals surface area contributed by atoms with Gasteiger partial charge in [0.25, 0.3) is 11.8 Å². The highest BCUT2D eigenvalue weighted by molar-refractivity contribution is 5.98. The molecule has 2 aromatic rings. The Balaban J connectivity index is 1.40. The zero-order chi connectivity index (χ0) is 20.6. The molecule has 0 spiro atoms. The lowest BCUT2D eigenvalue weighted by Gasteiger charge is -2.37. The molecule has 3 heterocycles. The Bertz CT molecular complexity index is 887. The van der Waals surface area contributed by atoms with E-state index in [0.29, 0.717) is 57.7 Å². The number of aromatic amines is 1. The van der Waals surface area contributed by atoms with Crippen molar-refractivity contribution in [1.29, 1.82) is 0 Å². The Morgan fingerprint density at radius 1 is 1.14 bits per heavy atom. The number of H-pyrrole nitrogens is 1. The van der Waals surface area contributed by atoms with E-state index >= 15 is 0 Å². The summed E-state index contributed by atoms with van der Waals surface area (Å²) in [5.41, 5.74) is 1.70. The van der Waals surface area contributed by atoms with E-state index in [9.17, 15) is 18.7 Å². The van der Waals surface area contributed by atoms with Gasteiger partial charge in [0.1, 0.15) is 5.69 Å². The monoisotopic (exact) mass is 405 g/mol. The molecule has 1 amide bonds. The Hall–Kier alpha value is -1.99. The van der Waals surface area contributed by atoms with Crippen LogP contribution in [-0.4, -0.2) is 70.0 Å². The number of nitrogens with zero attached hydrogens (tertiary/aromatic N) is 2. The fraction of sp³-hybridized carbons (Fsp3) is 0.591. The molecule has 1 atom stereocenters. The number of β-amino-alcohol motifs (C(OH)–C–C–N with tert-alkyl or cyclic N) is 1. The number of aryl methyl sites for hydroxylation is 1. The van der Waals surface area contributed by atoms with Crippen molar-refractivity contribution in [3.05, 3.63) is 35.5 Å². The second-order valence-electron chi connectivity index (χ2n) is 8.72. The van der Waals surface area contributed by atoms with Crippen molar-refractivity contribution < 1.29 is 18.7 Å². The number of benzene rings is 1. The van der Waals surface area contributed by atoms with E-state index < -0.39 is 11.5 Å². The van der Waals surface area contributed by atoms with Gasteiger partial charge in [-0.15, -0.1) is 0 Å². The molecular weight excluding hydrogens is 376 g/mol. The summed E-state index contributed by atoms with van der Waals surface area (Å²) < 4.78 is 26.8. The molecule has 2 aliphatic rings. The first-order chi connectivity index (χ1) is 13.7. The summed E-state index contributed by atoms with van der Waals surface area (Å²) in [5.74, 6) is -2.63. The Labute approximate surface area is 169 Å². The topological polar surface area (TPSA) is 59.6 Å². The number of hydrogen-bond donors (Lipinski definition) is 2. The minimum Gasteiger partial charge on any atom is -0.388 e. The lowest BCUT2D eigenvalue weighted by Crippen LogP contribution is -2.48. The van der Waals surface area contributed by atoms with Gasteiger partial charge in [0.2, 0.25) is 0 Å². The van der Waals surface area contributed by atoms with Gasteiger partial charge in [-0.25, -0.2) is 8.78 Å².